The number of hydrogen-bond acceptors (Lipinski definition) is 4. The molecule has 27 heavy (non-hydrogen) atoms. The Kier molecular flexibility index (Phi) is 5.16. The molecule has 0 radical (unpaired) electrons. The standard InChI is InChI=1S/C19H25N5O3/c1-11-17(12(2)21-18(11)13(3)25)19(27)20-9-15-8-16-10-23(14(4)26)6-5-7-24(16)22-15/h8,21H,5-7,9-10H2,1-4H3,(H,20,27). The van der Waals surface area contributed by atoms with Crippen LogP contribution in [-0.4, -0.2) is 43.8 Å². The SMILES string of the molecule is CC(=O)c1[nH]c(C)c(C(=O)NCc2cc3n(n2)CCCN(C(C)=O)C3)c1C. The van der Waals surface area contributed by atoms with E-state index in [2.05, 4.69) is 15.4 Å². The van der Waals surface area contributed by atoms with Gasteiger partial charge < -0.3 is 15.2 Å². The fourth-order valence-electron chi connectivity index (χ4n) is 3.58. The van der Waals surface area contributed by atoms with E-state index in [0.717, 1.165) is 30.9 Å². The van der Waals surface area contributed by atoms with E-state index >= 15 is 0 Å². The van der Waals surface area contributed by atoms with Gasteiger partial charge in [-0.05, 0) is 31.9 Å². The minimum atomic E-state index is -0.234. The predicted molar refractivity (Wildman–Crippen MR) is 99.4 cm³/mol. The molecule has 144 valence electrons. The number of amides is 2. The summed E-state index contributed by atoms with van der Waals surface area (Å²) >= 11 is 0. The number of H-pyrrole nitrogens is 1. The number of fused-ring (bicyclic) bond motifs is 1. The summed E-state index contributed by atoms with van der Waals surface area (Å²) in [7, 11) is 0. The van der Waals surface area contributed by atoms with E-state index in [0.29, 0.717) is 35.6 Å². The smallest absolute Gasteiger partial charge is 0.253 e. The number of rotatable bonds is 4. The van der Waals surface area contributed by atoms with Crippen LogP contribution in [0.1, 0.15) is 63.8 Å². The number of Topliss-reactive ketones (excluding diaryl/α,β-unsaturated/α-hetero) is 1. The molecule has 1 aliphatic heterocycles. The van der Waals surface area contributed by atoms with Crippen molar-refractivity contribution >= 4 is 17.6 Å². The number of aromatic nitrogens is 3. The van der Waals surface area contributed by atoms with Crippen molar-refractivity contribution in [3.63, 3.8) is 0 Å². The number of aromatic amines is 1. The van der Waals surface area contributed by atoms with E-state index in [-0.39, 0.29) is 17.6 Å². The number of hydrogen-bond donors (Lipinski definition) is 2. The van der Waals surface area contributed by atoms with Crippen LogP contribution in [0.4, 0.5) is 0 Å². The molecule has 3 heterocycles. The molecule has 0 aliphatic carbocycles. The molecule has 2 aromatic rings. The lowest BCUT2D eigenvalue weighted by Crippen LogP contribution is -2.28. The molecule has 0 fully saturated rings. The lowest BCUT2D eigenvalue weighted by molar-refractivity contribution is -0.129. The van der Waals surface area contributed by atoms with Crippen LogP contribution in [0.15, 0.2) is 6.07 Å². The summed E-state index contributed by atoms with van der Waals surface area (Å²) in [6.07, 6.45) is 0.857. The van der Waals surface area contributed by atoms with E-state index in [1.54, 1.807) is 25.7 Å². The Balaban J connectivity index is 1.71. The van der Waals surface area contributed by atoms with Crippen molar-refractivity contribution in [2.24, 2.45) is 0 Å². The summed E-state index contributed by atoms with van der Waals surface area (Å²) in [5.74, 6) is -0.274. The minimum absolute atomic E-state index is 0.0548. The van der Waals surface area contributed by atoms with Gasteiger partial charge in [0, 0.05) is 32.6 Å². The van der Waals surface area contributed by atoms with Gasteiger partial charge in [-0.3, -0.25) is 19.1 Å². The van der Waals surface area contributed by atoms with E-state index < -0.39 is 0 Å². The van der Waals surface area contributed by atoms with Crippen molar-refractivity contribution in [3.05, 3.63) is 40.0 Å². The monoisotopic (exact) mass is 371 g/mol. The van der Waals surface area contributed by atoms with Gasteiger partial charge in [-0.15, -0.1) is 0 Å². The summed E-state index contributed by atoms with van der Waals surface area (Å²) in [5.41, 5.74) is 4.03. The van der Waals surface area contributed by atoms with Crippen molar-refractivity contribution < 1.29 is 14.4 Å². The van der Waals surface area contributed by atoms with Gasteiger partial charge in [0.1, 0.15) is 0 Å². The van der Waals surface area contributed by atoms with Gasteiger partial charge >= 0.3 is 0 Å². The molecular formula is C19H25N5O3. The number of aryl methyl sites for hydroxylation is 2. The van der Waals surface area contributed by atoms with Crippen LogP contribution in [0.25, 0.3) is 0 Å². The topological polar surface area (TPSA) is 100 Å². The van der Waals surface area contributed by atoms with Crippen LogP contribution < -0.4 is 5.32 Å². The number of carbonyl (C=O) groups is 3. The van der Waals surface area contributed by atoms with Crippen molar-refractivity contribution in [1.29, 1.82) is 0 Å². The molecule has 8 nitrogen and oxygen atoms in total. The largest absolute Gasteiger partial charge is 0.355 e. The molecule has 0 spiro atoms. The lowest BCUT2D eigenvalue weighted by Gasteiger charge is -2.17. The van der Waals surface area contributed by atoms with E-state index in [1.807, 2.05) is 10.7 Å². The van der Waals surface area contributed by atoms with Gasteiger partial charge in [-0.2, -0.15) is 5.10 Å². The van der Waals surface area contributed by atoms with Crippen LogP contribution in [0, 0.1) is 13.8 Å². The molecule has 3 rings (SSSR count). The second-order valence-electron chi connectivity index (χ2n) is 7.01. The third-order valence-corrected chi connectivity index (χ3v) is 4.96. The number of ketones is 1. The van der Waals surface area contributed by atoms with Gasteiger partial charge in [0.05, 0.1) is 35.7 Å². The maximum atomic E-state index is 12.6. The Bertz CT molecular complexity index is 909. The first-order valence-corrected chi connectivity index (χ1v) is 9.07. The Morgan fingerprint density at radius 2 is 1.96 bits per heavy atom. The van der Waals surface area contributed by atoms with E-state index in [9.17, 15) is 14.4 Å². The molecule has 8 heteroatoms. The summed E-state index contributed by atoms with van der Waals surface area (Å²) in [5, 5.41) is 7.43. The first-order valence-electron chi connectivity index (χ1n) is 9.07. The molecule has 0 saturated heterocycles. The molecule has 2 amide bonds. The lowest BCUT2D eigenvalue weighted by atomic mass is 10.1. The normalized spacial score (nSPS) is 13.9. The molecule has 0 bridgehead atoms. The Morgan fingerprint density at radius 3 is 2.59 bits per heavy atom. The van der Waals surface area contributed by atoms with Gasteiger partial charge in [0.15, 0.2) is 5.78 Å². The highest BCUT2D eigenvalue weighted by Crippen LogP contribution is 2.19. The minimum Gasteiger partial charge on any atom is -0.355 e. The number of nitrogens with one attached hydrogen (secondary N) is 2. The first-order chi connectivity index (χ1) is 12.8. The van der Waals surface area contributed by atoms with Gasteiger partial charge in [0.25, 0.3) is 5.91 Å². The molecule has 2 aromatic heterocycles. The maximum absolute atomic E-state index is 12.6. The number of nitrogens with zero attached hydrogens (tertiary/aromatic N) is 3. The zero-order valence-electron chi connectivity index (χ0n) is 16.2. The molecule has 0 saturated carbocycles. The highest BCUT2D eigenvalue weighted by atomic mass is 16.2. The molecule has 0 unspecified atom stereocenters. The summed E-state index contributed by atoms with van der Waals surface area (Å²) in [6, 6.07) is 1.93. The maximum Gasteiger partial charge on any atom is 0.253 e. The Labute approximate surface area is 157 Å². The third kappa shape index (κ3) is 3.79. The Hall–Kier alpha value is -2.90. The molecule has 2 N–H and O–H groups in total. The quantitative estimate of drug-likeness (QED) is 0.799. The summed E-state index contributed by atoms with van der Waals surface area (Å²) in [4.78, 5) is 40.7. The second-order valence-corrected chi connectivity index (χ2v) is 7.01. The fourth-order valence-corrected chi connectivity index (χ4v) is 3.58. The van der Waals surface area contributed by atoms with Crippen LogP contribution in [0.5, 0.6) is 0 Å². The van der Waals surface area contributed by atoms with Crippen LogP contribution in [0.3, 0.4) is 0 Å². The van der Waals surface area contributed by atoms with Crippen LogP contribution in [0.2, 0.25) is 0 Å². The van der Waals surface area contributed by atoms with E-state index in [4.69, 9.17) is 0 Å². The average molecular weight is 371 g/mol. The summed E-state index contributed by atoms with van der Waals surface area (Å²) < 4.78 is 1.91. The average Bonchev–Trinajstić information content (AvgIpc) is 3.05. The number of carbonyl (C=O) groups excluding carboxylic acids is 3. The van der Waals surface area contributed by atoms with Crippen molar-refractivity contribution in [1.82, 2.24) is 25.0 Å². The highest BCUT2D eigenvalue weighted by molar-refractivity contribution is 6.02. The molecular weight excluding hydrogens is 346 g/mol. The first kappa shape index (κ1) is 18.9. The van der Waals surface area contributed by atoms with Gasteiger partial charge in [0.2, 0.25) is 5.91 Å². The van der Waals surface area contributed by atoms with Crippen molar-refractivity contribution in [2.45, 2.75) is 53.8 Å². The fraction of sp³-hybridized carbons (Fsp3) is 0.474. The van der Waals surface area contributed by atoms with Crippen molar-refractivity contribution in [3.8, 4) is 0 Å². The van der Waals surface area contributed by atoms with Gasteiger partial charge in [-0.25, -0.2) is 0 Å². The Morgan fingerprint density at radius 1 is 1.22 bits per heavy atom. The molecule has 0 aromatic carbocycles. The predicted octanol–water partition coefficient (Wildman–Crippen LogP) is 1.71. The van der Waals surface area contributed by atoms with Crippen molar-refractivity contribution in [2.75, 3.05) is 6.54 Å². The zero-order valence-corrected chi connectivity index (χ0v) is 16.2. The zero-order chi connectivity index (χ0) is 19.7. The third-order valence-electron chi connectivity index (χ3n) is 4.96. The second kappa shape index (κ2) is 7.38. The highest BCUT2D eigenvalue weighted by Gasteiger charge is 2.21. The van der Waals surface area contributed by atoms with E-state index in [1.165, 1.54) is 6.92 Å². The van der Waals surface area contributed by atoms with Crippen LogP contribution >= 0.6 is 0 Å². The van der Waals surface area contributed by atoms with Crippen LogP contribution in [-0.2, 0) is 24.4 Å². The van der Waals surface area contributed by atoms with Gasteiger partial charge in [-0.1, -0.05) is 0 Å². The molecule has 1 aliphatic rings. The molecule has 0 atom stereocenters. The summed E-state index contributed by atoms with van der Waals surface area (Å²) in [6.45, 7) is 8.91.